The molecule has 2 amide bonds. The molecule has 1 aromatic carbocycles. The van der Waals surface area contributed by atoms with Gasteiger partial charge in [-0.25, -0.2) is 0 Å². The molecule has 7 nitrogen and oxygen atoms in total. The summed E-state index contributed by atoms with van der Waals surface area (Å²) < 4.78 is 50.7. The van der Waals surface area contributed by atoms with Crippen LogP contribution in [0.1, 0.15) is 35.4 Å². The van der Waals surface area contributed by atoms with Gasteiger partial charge in [0.05, 0.1) is 23.4 Å². The van der Waals surface area contributed by atoms with E-state index in [1.807, 2.05) is 0 Å². The Balaban J connectivity index is 1.77. The first kappa shape index (κ1) is 20.8. The van der Waals surface area contributed by atoms with Gasteiger partial charge in [0.15, 0.2) is 0 Å². The number of carbonyl (C=O) groups is 2. The highest BCUT2D eigenvalue weighted by Crippen LogP contribution is 2.37. The van der Waals surface area contributed by atoms with Gasteiger partial charge in [-0.2, -0.15) is 13.2 Å². The van der Waals surface area contributed by atoms with Gasteiger partial charge >= 0.3 is 6.18 Å². The molecule has 0 radical (unpaired) electrons. The number of hydrogen-bond acceptors (Lipinski definition) is 5. The Morgan fingerprint density at radius 2 is 2.00 bits per heavy atom. The van der Waals surface area contributed by atoms with Gasteiger partial charge in [0, 0.05) is 17.9 Å². The summed E-state index contributed by atoms with van der Waals surface area (Å²) in [6, 6.07) is 3.20. The SMILES string of the molecule is Cc1noc(C)c1CC(=O)Nc1ccc(NC(=O)C2CCCO2)cc1C(F)(F)F. The van der Waals surface area contributed by atoms with Gasteiger partial charge in [0.1, 0.15) is 11.9 Å². The zero-order valence-corrected chi connectivity index (χ0v) is 15.9. The molecule has 2 N–H and O–H groups in total. The summed E-state index contributed by atoms with van der Waals surface area (Å²) in [5, 5.41) is 8.43. The fourth-order valence-electron chi connectivity index (χ4n) is 3.08. The number of amides is 2. The van der Waals surface area contributed by atoms with Crippen molar-refractivity contribution in [3.8, 4) is 0 Å². The Labute approximate surface area is 164 Å². The van der Waals surface area contributed by atoms with Crippen molar-refractivity contribution in [1.29, 1.82) is 0 Å². The molecule has 1 aliphatic heterocycles. The fourth-order valence-corrected chi connectivity index (χ4v) is 3.08. The number of nitrogens with one attached hydrogen (secondary N) is 2. The second-order valence-corrected chi connectivity index (χ2v) is 6.78. The number of nitrogens with zero attached hydrogens (tertiary/aromatic N) is 1. The van der Waals surface area contributed by atoms with Crippen LogP contribution in [0.3, 0.4) is 0 Å². The van der Waals surface area contributed by atoms with Crippen molar-refractivity contribution in [2.24, 2.45) is 0 Å². The number of carbonyl (C=O) groups excluding carboxylic acids is 2. The van der Waals surface area contributed by atoms with E-state index in [-0.39, 0.29) is 12.1 Å². The summed E-state index contributed by atoms with van der Waals surface area (Å²) in [5.74, 6) is -0.701. The molecular formula is C19H20F3N3O4. The maximum absolute atomic E-state index is 13.5. The molecule has 156 valence electrons. The van der Waals surface area contributed by atoms with Crippen molar-refractivity contribution in [2.75, 3.05) is 17.2 Å². The second kappa shape index (κ2) is 8.24. The number of benzene rings is 1. The minimum absolute atomic E-state index is 0.0263. The summed E-state index contributed by atoms with van der Waals surface area (Å²) in [5.41, 5.74) is -0.460. The topological polar surface area (TPSA) is 93.5 Å². The fraction of sp³-hybridized carbons (Fsp3) is 0.421. The van der Waals surface area contributed by atoms with Gasteiger partial charge in [-0.3, -0.25) is 9.59 Å². The molecule has 2 heterocycles. The number of aromatic nitrogens is 1. The van der Waals surface area contributed by atoms with Gasteiger partial charge in [-0.1, -0.05) is 5.16 Å². The van der Waals surface area contributed by atoms with E-state index in [9.17, 15) is 22.8 Å². The molecular weight excluding hydrogens is 391 g/mol. The van der Waals surface area contributed by atoms with Crippen LogP contribution < -0.4 is 10.6 Å². The Kier molecular flexibility index (Phi) is 5.92. The number of rotatable bonds is 5. The highest BCUT2D eigenvalue weighted by molar-refractivity contribution is 5.96. The lowest BCUT2D eigenvalue weighted by molar-refractivity contribution is -0.137. The minimum atomic E-state index is -4.73. The average molecular weight is 411 g/mol. The Hall–Kier alpha value is -2.88. The third kappa shape index (κ3) is 4.94. The Bertz CT molecular complexity index is 898. The standard InChI is InChI=1S/C19H20F3N3O4/c1-10-13(11(2)29-25-10)9-17(26)24-15-6-5-12(8-14(15)19(20,21)22)23-18(27)16-4-3-7-28-16/h5-6,8,16H,3-4,7,9H2,1-2H3,(H,23,27)(H,24,26). The first-order valence-corrected chi connectivity index (χ1v) is 9.00. The molecule has 1 fully saturated rings. The van der Waals surface area contributed by atoms with E-state index in [1.54, 1.807) is 13.8 Å². The summed E-state index contributed by atoms with van der Waals surface area (Å²) in [6.45, 7) is 3.71. The molecule has 1 atom stereocenters. The molecule has 10 heteroatoms. The van der Waals surface area contributed by atoms with Crippen molar-refractivity contribution in [2.45, 2.75) is 45.4 Å². The van der Waals surface area contributed by atoms with E-state index in [4.69, 9.17) is 9.26 Å². The smallest absolute Gasteiger partial charge is 0.368 e. The number of hydrogen-bond donors (Lipinski definition) is 2. The number of aryl methyl sites for hydroxylation is 2. The summed E-state index contributed by atoms with van der Waals surface area (Å²) in [6.07, 6.45) is -4.32. The lowest BCUT2D eigenvalue weighted by Crippen LogP contribution is -2.27. The minimum Gasteiger partial charge on any atom is -0.368 e. The zero-order chi connectivity index (χ0) is 21.2. The van der Waals surface area contributed by atoms with Crippen molar-refractivity contribution >= 4 is 23.2 Å². The Morgan fingerprint density at radius 3 is 2.59 bits per heavy atom. The highest BCUT2D eigenvalue weighted by Gasteiger charge is 2.35. The summed E-state index contributed by atoms with van der Waals surface area (Å²) in [7, 11) is 0. The van der Waals surface area contributed by atoms with Gasteiger partial charge in [-0.05, 0) is 44.9 Å². The average Bonchev–Trinajstić information content (AvgIpc) is 3.28. The van der Waals surface area contributed by atoms with E-state index < -0.39 is 35.3 Å². The molecule has 2 aromatic rings. The van der Waals surface area contributed by atoms with Crippen LogP contribution in [0.4, 0.5) is 24.5 Å². The third-order valence-corrected chi connectivity index (χ3v) is 4.61. The second-order valence-electron chi connectivity index (χ2n) is 6.78. The summed E-state index contributed by atoms with van der Waals surface area (Å²) in [4.78, 5) is 24.3. The van der Waals surface area contributed by atoms with Crippen molar-refractivity contribution < 1.29 is 32.0 Å². The molecule has 1 unspecified atom stereocenters. The van der Waals surface area contributed by atoms with Crippen LogP contribution in [-0.2, 0) is 26.9 Å². The van der Waals surface area contributed by atoms with Crippen LogP contribution in [0.2, 0.25) is 0 Å². The molecule has 1 aliphatic rings. The van der Waals surface area contributed by atoms with Crippen LogP contribution in [0.15, 0.2) is 22.7 Å². The van der Waals surface area contributed by atoms with E-state index in [0.29, 0.717) is 30.0 Å². The van der Waals surface area contributed by atoms with Gasteiger partial charge in [0.2, 0.25) is 5.91 Å². The molecule has 0 aliphatic carbocycles. The van der Waals surface area contributed by atoms with E-state index >= 15 is 0 Å². The molecule has 0 saturated carbocycles. The van der Waals surface area contributed by atoms with Gasteiger partial charge in [-0.15, -0.1) is 0 Å². The third-order valence-electron chi connectivity index (χ3n) is 4.61. The zero-order valence-electron chi connectivity index (χ0n) is 15.9. The maximum atomic E-state index is 13.5. The molecule has 29 heavy (non-hydrogen) atoms. The summed E-state index contributed by atoms with van der Waals surface area (Å²) >= 11 is 0. The molecule has 0 spiro atoms. The largest absolute Gasteiger partial charge is 0.418 e. The quantitative estimate of drug-likeness (QED) is 0.784. The normalized spacial score (nSPS) is 16.7. The Morgan fingerprint density at radius 1 is 1.24 bits per heavy atom. The van der Waals surface area contributed by atoms with Gasteiger partial charge in [0.25, 0.3) is 5.91 Å². The monoisotopic (exact) mass is 411 g/mol. The van der Waals surface area contributed by atoms with E-state index in [0.717, 1.165) is 18.6 Å². The number of alkyl halides is 3. The molecule has 0 bridgehead atoms. The van der Waals surface area contributed by atoms with Gasteiger partial charge < -0.3 is 19.9 Å². The highest BCUT2D eigenvalue weighted by atomic mass is 19.4. The van der Waals surface area contributed by atoms with Crippen LogP contribution >= 0.6 is 0 Å². The molecule has 1 saturated heterocycles. The van der Waals surface area contributed by atoms with E-state index in [1.165, 1.54) is 6.07 Å². The van der Waals surface area contributed by atoms with E-state index in [2.05, 4.69) is 15.8 Å². The van der Waals surface area contributed by atoms with Crippen molar-refractivity contribution in [3.05, 3.63) is 40.8 Å². The number of halogens is 3. The lowest BCUT2D eigenvalue weighted by atomic mass is 10.1. The molecule has 1 aromatic heterocycles. The number of anilines is 2. The first-order valence-electron chi connectivity index (χ1n) is 9.00. The van der Waals surface area contributed by atoms with Crippen molar-refractivity contribution in [1.82, 2.24) is 5.16 Å². The predicted molar refractivity (Wildman–Crippen MR) is 97.4 cm³/mol. The maximum Gasteiger partial charge on any atom is 0.418 e. The van der Waals surface area contributed by atoms with Crippen LogP contribution in [-0.4, -0.2) is 29.7 Å². The predicted octanol–water partition coefficient (Wildman–Crippen LogP) is 3.61. The molecule has 3 rings (SSSR count). The lowest BCUT2D eigenvalue weighted by Gasteiger charge is -2.17. The van der Waals surface area contributed by atoms with Crippen LogP contribution in [0.5, 0.6) is 0 Å². The van der Waals surface area contributed by atoms with Crippen molar-refractivity contribution in [3.63, 3.8) is 0 Å². The number of ether oxygens (including phenoxy) is 1. The first-order chi connectivity index (χ1) is 13.6. The van der Waals surface area contributed by atoms with Crippen LogP contribution in [0.25, 0.3) is 0 Å². The van der Waals surface area contributed by atoms with Crippen LogP contribution in [0, 0.1) is 13.8 Å².